The summed E-state index contributed by atoms with van der Waals surface area (Å²) in [4.78, 5) is 16.6. The highest BCUT2D eigenvalue weighted by Gasteiger charge is 2.23. The molecule has 2 N–H and O–H groups in total. The molecule has 1 aliphatic heterocycles. The molecule has 1 aliphatic rings. The van der Waals surface area contributed by atoms with Crippen LogP contribution in [-0.4, -0.2) is 43.0 Å². The number of aryl methyl sites for hydroxylation is 1. The van der Waals surface area contributed by atoms with Crippen molar-refractivity contribution in [3.8, 4) is 0 Å². The highest BCUT2D eigenvalue weighted by atomic mass is 16.2. The Labute approximate surface area is 127 Å². The van der Waals surface area contributed by atoms with Gasteiger partial charge in [0.1, 0.15) is 0 Å². The topological polar surface area (TPSA) is 49.6 Å². The molecule has 1 heterocycles. The van der Waals surface area contributed by atoms with Gasteiger partial charge in [0.05, 0.1) is 0 Å². The van der Waals surface area contributed by atoms with Crippen molar-refractivity contribution in [1.82, 2.24) is 4.90 Å². The predicted octanol–water partition coefficient (Wildman–Crippen LogP) is 2.02. The number of rotatable bonds is 4. The van der Waals surface area contributed by atoms with E-state index in [1.54, 1.807) is 0 Å². The second kappa shape index (κ2) is 6.94. The van der Waals surface area contributed by atoms with Crippen LogP contribution in [0, 0.1) is 12.8 Å². The van der Waals surface area contributed by atoms with Crippen LogP contribution < -0.4 is 10.6 Å². The molecule has 21 heavy (non-hydrogen) atoms. The van der Waals surface area contributed by atoms with Crippen molar-refractivity contribution in [2.24, 2.45) is 11.7 Å². The van der Waals surface area contributed by atoms with Crippen molar-refractivity contribution >= 4 is 11.6 Å². The van der Waals surface area contributed by atoms with Gasteiger partial charge in [0.15, 0.2) is 0 Å². The Bertz CT molecular complexity index is 479. The van der Waals surface area contributed by atoms with Crippen molar-refractivity contribution in [3.05, 3.63) is 29.8 Å². The number of hydrogen-bond donors (Lipinski definition) is 1. The molecule has 0 bridgehead atoms. The maximum Gasteiger partial charge on any atom is 0.224 e. The fraction of sp³-hybridized carbons (Fsp3) is 0.588. The van der Waals surface area contributed by atoms with E-state index in [4.69, 9.17) is 5.73 Å². The monoisotopic (exact) mass is 289 g/mol. The van der Waals surface area contributed by atoms with E-state index >= 15 is 0 Å². The molecule has 1 aromatic carbocycles. The van der Waals surface area contributed by atoms with Crippen LogP contribution in [0.3, 0.4) is 0 Å². The Balaban J connectivity index is 1.89. The molecule has 116 valence electrons. The third-order valence-corrected chi connectivity index (χ3v) is 4.36. The number of benzene rings is 1. The van der Waals surface area contributed by atoms with Crippen LogP contribution >= 0.6 is 0 Å². The second-order valence-electron chi connectivity index (χ2n) is 6.27. The lowest BCUT2D eigenvalue weighted by Gasteiger charge is -2.37. The van der Waals surface area contributed by atoms with Crippen LogP contribution in [0.15, 0.2) is 24.3 Å². The highest BCUT2D eigenvalue weighted by Crippen LogP contribution is 2.21. The van der Waals surface area contributed by atoms with Crippen molar-refractivity contribution in [1.29, 1.82) is 0 Å². The molecule has 0 radical (unpaired) electrons. The average Bonchev–Trinajstić information content (AvgIpc) is 2.47. The fourth-order valence-corrected chi connectivity index (χ4v) is 2.68. The van der Waals surface area contributed by atoms with Gasteiger partial charge in [0.2, 0.25) is 5.91 Å². The predicted molar refractivity (Wildman–Crippen MR) is 87.4 cm³/mol. The molecule has 1 saturated heterocycles. The van der Waals surface area contributed by atoms with Crippen molar-refractivity contribution in [3.63, 3.8) is 0 Å². The highest BCUT2D eigenvalue weighted by molar-refractivity contribution is 5.77. The van der Waals surface area contributed by atoms with E-state index in [-0.39, 0.29) is 11.9 Å². The summed E-state index contributed by atoms with van der Waals surface area (Å²) in [6.07, 6.45) is 0.460. The Morgan fingerprint density at radius 2 is 1.81 bits per heavy atom. The molecule has 0 aliphatic carbocycles. The molecular formula is C17H27N3O. The van der Waals surface area contributed by atoms with E-state index in [2.05, 4.69) is 49.9 Å². The lowest BCUT2D eigenvalue weighted by atomic mass is 10.0. The first-order valence-electron chi connectivity index (χ1n) is 7.83. The molecule has 1 atom stereocenters. The quantitative estimate of drug-likeness (QED) is 0.922. The second-order valence-corrected chi connectivity index (χ2v) is 6.27. The first kappa shape index (κ1) is 15.8. The van der Waals surface area contributed by atoms with Gasteiger partial charge < -0.3 is 15.5 Å². The number of anilines is 1. The minimum Gasteiger partial charge on any atom is -0.368 e. The minimum atomic E-state index is -0.0353. The number of para-hydroxylation sites is 1. The van der Waals surface area contributed by atoms with Gasteiger partial charge >= 0.3 is 0 Å². The molecule has 0 spiro atoms. The van der Waals surface area contributed by atoms with Gasteiger partial charge in [-0.2, -0.15) is 0 Å². The molecule has 1 amide bonds. The molecule has 0 aromatic heterocycles. The zero-order chi connectivity index (χ0) is 15.4. The number of carbonyl (C=O) groups excluding carboxylic acids is 1. The van der Waals surface area contributed by atoms with Gasteiger partial charge in [-0.3, -0.25) is 4.79 Å². The Kier molecular flexibility index (Phi) is 5.23. The molecular weight excluding hydrogens is 262 g/mol. The zero-order valence-corrected chi connectivity index (χ0v) is 13.4. The van der Waals surface area contributed by atoms with Crippen LogP contribution in [0.4, 0.5) is 5.69 Å². The Hall–Kier alpha value is -1.55. The van der Waals surface area contributed by atoms with E-state index in [0.717, 1.165) is 26.2 Å². The third kappa shape index (κ3) is 3.97. The van der Waals surface area contributed by atoms with Crippen LogP contribution in [0.5, 0.6) is 0 Å². The maximum absolute atomic E-state index is 12.3. The van der Waals surface area contributed by atoms with Crippen molar-refractivity contribution in [2.75, 3.05) is 31.1 Å². The SMILES string of the molecule is Cc1ccccc1N1CCN(C(=O)CC(N)C(C)C)CC1. The summed E-state index contributed by atoms with van der Waals surface area (Å²) in [5.41, 5.74) is 8.58. The average molecular weight is 289 g/mol. The molecule has 1 fully saturated rings. The Morgan fingerprint density at radius 3 is 2.38 bits per heavy atom. The van der Waals surface area contributed by atoms with Crippen LogP contribution in [0.2, 0.25) is 0 Å². The summed E-state index contributed by atoms with van der Waals surface area (Å²) in [7, 11) is 0. The molecule has 1 aromatic rings. The number of carbonyl (C=O) groups is 1. The summed E-state index contributed by atoms with van der Waals surface area (Å²) in [5.74, 6) is 0.544. The van der Waals surface area contributed by atoms with Crippen molar-refractivity contribution in [2.45, 2.75) is 33.2 Å². The van der Waals surface area contributed by atoms with E-state index < -0.39 is 0 Å². The lowest BCUT2D eigenvalue weighted by molar-refractivity contribution is -0.132. The lowest BCUT2D eigenvalue weighted by Crippen LogP contribution is -2.50. The molecule has 1 unspecified atom stereocenters. The van der Waals surface area contributed by atoms with Gasteiger partial charge in [-0.05, 0) is 24.5 Å². The summed E-state index contributed by atoms with van der Waals surface area (Å²) in [5, 5.41) is 0. The van der Waals surface area contributed by atoms with Gasteiger partial charge in [-0.15, -0.1) is 0 Å². The van der Waals surface area contributed by atoms with Crippen LogP contribution in [-0.2, 0) is 4.79 Å². The van der Waals surface area contributed by atoms with Gasteiger partial charge in [0, 0.05) is 44.3 Å². The van der Waals surface area contributed by atoms with Crippen LogP contribution in [0.25, 0.3) is 0 Å². The van der Waals surface area contributed by atoms with Gasteiger partial charge in [-0.1, -0.05) is 32.0 Å². The minimum absolute atomic E-state index is 0.0353. The number of nitrogens with two attached hydrogens (primary N) is 1. The van der Waals surface area contributed by atoms with Gasteiger partial charge in [0.25, 0.3) is 0 Å². The van der Waals surface area contributed by atoms with Crippen molar-refractivity contribution < 1.29 is 4.79 Å². The summed E-state index contributed by atoms with van der Waals surface area (Å²) >= 11 is 0. The molecule has 4 heteroatoms. The number of piperazine rings is 1. The van der Waals surface area contributed by atoms with E-state index in [0.29, 0.717) is 12.3 Å². The fourth-order valence-electron chi connectivity index (χ4n) is 2.68. The van der Waals surface area contributed by atoms with E-state index in [1.165, 1.54) is 11.3 Å². The summed E-state index contributed by atoms with van der Waals surface area (Å²) in [6.45, 7) is 9.63. The molecule has 4 nitrogen and oxygen atoms in total. The number of hydrogen-bond acceptors (Lipinski definition) is 3. The Morgan fingerprint density at radius 1 is 1.19 bits per heavy atom. The first-order valence-corrected chi connectivity index (χ1v) is 7.83. The van der Waals surface area contributed by atoms with E-state index in [9.17, 15) is 4.79 Å². The third-order valence-electron chi connectivity index (χ3n) is 4.36. The summed E-state index contributed by atoms with van der Waals surface area (Å²) < 4.78 is 0. The molecule has 2 rings (SSSR count). The first-order chi connectivity index (χ1) is 9.99. The van der Waals surface area contributed by atoms with Gasteiger partial charge in [-0.25, -0.2) is 0 Å². The largest absolute Gasteiger partial charge is 0.368 e. The number of amides is 1. The van der Waals surface area contributed by atoms with Crippen LogP contribution in [0.1, 0.15) is 25.8 Å². The standard InChI is InChI=1S/C17H27N3O/c1-13(2)15(18)12-17(21)20-10-8-19(9-11-20)16-7-5-4-6-14(16)3/h4-7,13,15H,8-12,18H2,1-3H3. The van der Waals surface area contributed by atoms with E-state index in [1.807, 2.05) is 4.90 Å². The normalized spacial score (nSPS) is 17.2. The molecule has 0 saturated carbocycles. The zero-order valence-electron chi connectivity index (χ0n) is 13.4. The maximum atomic E-state index is 12.3. The smallest absolute Gasteiger partial charge is 0.224 e. The summed E-state index contributed by atoms with van der Waals surface area (Å²) in [6, 6.07) is 8.38. The number of nitrogens with zero attached hydrogens (tertiary/aromatic N) is 2.